The van der Waals surface area contributed by atoms with Crippen molar-refractivity contribution in [3.8, 4) is 11.5 Å². The summed E-state index contributed by atoms with van der Waals surface area (Å²) in [6.45, 7) is 3.21. The number of urea groups is 1. The van der Waals surface area contributed by atoms with Gasteiger partial charge in [-0.2, -0.15) is 5.10 Å². The van der Waals surface area contributed by atoms with E-state index in [0.29, 0.717) is 23.7 Å². The van der Waals surface area contributed by atoms with Crippen molar-refractivity contribution in [3.05, 3.63) is 36.2 Å². The second kappa shape index (κ2) is 7.35. The summed E-state index contributed by atoms with van der Waals surface area (Å²) in [5.74, 6) is 1.20. The van der Waals surface area contributed by atoms with Gasteiger partial charge in [-0.1, -0.05) is 0 Å². The molecule has 1 aromatic heterocycles. The molecular formula is C15H20N4O3. The number of amides is 2. The lowest BCUT2D eigenvalue weighted by molar-refractivity contribution is 0.251. The molecule has 0 fully saturated rings. The number of anilines is 1. The molecule has 2 aromatic rings. The van der Waals surface area contributed by atoms with Crippen LogP contribution >= 0.6 is 0 Å². The van der Waals surface area contributed by atoms with Gasteiger partial charge >= 0.3 is 6.03 Å². The van der Waals surface area contributed by atoms with Gasteiger partial charge in [-0.3, -0.25) is 4.68 Å². The van der Waals surface area contributed by atoms with Crippen LogP contribution in [0.3, 0.4) is 0 Å². The molecule has 0 atom stereocenters. The molecule has 2 N–H and O–H groups in total. The summed E-state index contributed by atoms with van der Waals surface area (Å²) in [6.07, 6.45) is 3.63. The number of methoxy groups -OCH3 is 2. The topological polar surface area (TPSA) is 77.4 Å². The van der Waals surface area contributed by atoms with Gasteiger partial charge in [-0.15, -0.1) is 0 Å². The van der Waals surface area contributed by atoms with Crippen LogP contribution in [0.2, 0.25) is 0 Å². The number of ether oxygens (including phenoxy) is 2. The van der Waals surface area contributed by atoms with Crippen molar-refractivity contribution in [2.24, 2.45) is 0 Å². The van der Waals surface area contributed by atoms with E-state index in [-0.39, 0.29) is 6.03 Å². The highest BCUT2D eigenvalue weighted by molar-refractivity contribution is 5.91. The first-order chi connectivity index (χ1) is 10.7. The van der Waals surface area contributed by atoms with Gasteiger partial charge in [0.15, 0.2) is 0 Å². The minimum absolute atomic E-state index is 0.312. The van der Waals surface area contributed by atoms with Crippen molar-refractivity contribution in [3.63, 3.8) is 0 Å². The van der Waals surface area contributed by atoms with E-state index in [1.54, 1.807) is 36.2 Å². The molecule has 1 heterocycles. The Kier molecular flexibility index (Phi) is 5.24. The number of carbonyl (C=O) groups is 1. The Morgan fingerprint density at radius 1 is 1.32 bits per heavy atom. The maximum atomic E-state index is 11.9. The van der Waals surface area contributed by atoms with Crippen LogP contribution in [0, 0.1) is 0 Å². The number of nitrogens with zero attached hydrogens (tertiary/aromatic N) is 2. The minimum Gasteiger partial charge on any atom is -0.497 e. The molecule has 0 radical (unpaired) electrons. The first-order valence-electron chi connectivity index (χ1n) is 6.94. The standard InChI is InChI=1S/C15H20N4O3/c1-4-19-10-11(9-17-19)8-16-15(20)18-13-6-5-12(21-2)7-14(13)22-3/h5-7,9-10H,4,8H2,1-3H3,(H2,16,18,20). The normalized spacial score (nSPS) is 10.1. The molecule has 0 saturated heterocycles. The average molecular weight is 304 g/mol. The van der Waals surface area contributed by atoms with Gasteiger partial charge < -0.3 is 20.1 Å². The van der Waals surface area contributed by atoms with Crippen LogP contribution in [-0.4, -0.2) is 30.0 Å². The quantitative estimate of drug-likeness (QED) is 0.858. The molecule has 7 heteroatoms. The van der Waals surface area contributed by atoms with E-state index in [9.17, 15) is 4.79 Å². The van der Waals surface area contributed by atoms with Crippen LogP contribution in [0.5, 0.6) is 11.5 Å². The Morgan fingerprint density at radius 3 is 2.77 bits per heavy atom. The van der Waals surface area contributed by atoms with Gasteiger partial charge in [0.2, 0.25) is 0 Å². The summed E-state index contributed by atoms with van der Waals surface area (Å²) < 4.78 is 12.2. The number of hydrogen-bond acceptors (Lipinski definition) is 4. The molecule has 0 spiro atoms. The molecule has 0 aliphatic rings. The predicted molar refractivity (Wildman–Crippen MR) is 83.3 cm³/mol. The molecule has 2 rings (SSSR count). The maximum Gasteiger partial charge on any atom is 0.319 e. The van der Waals surface area contributed by atoms with E-state index in [0.717, 1.165) is 12.1 Å². The van der Waals surface area contributed by atoms with Gasteiger partial charge in [0, 0.05) is 30.9 Å². The van der Waals surface area contributed by atoms with Crippen molar-refractivity contribution >= 4 is 11.7 Å². The van der Waals surface area contributed by atoms with E-state index >= 15 is 0 Å². The number of hydrogen-bond donors (Lipinski definition) is 2. The molecule has 0 aliphatic heterocycles. The zero-order chi connectivity index (χ0) is 15.9. The Bertz CT molecular complexity index is 639. The Labute approximate surface area is 129 Å². The summed E-state index contributed by atoms with van der Waals surface area (Å²) in [5, 5.41) is 9.67. The average Bonchev–Trinajstić information content (AvgIpc) is 3.01. The summed E-state index contributed by atoms with van der Waals surface area (Å²) in [4.78, 5) is 11.9. The lowest BCUT2D eigenvalue weighted by Crippen LogP contribution is -2.28. The molecule has 1 aromatic carbocycles. The number of aromatic nitrogens is 2. The van der Waals surface area contributed by atoms with E-state index in [1.165, 1.54) is 7.11 Å². The molecule has 0 aliphatic carbocycles. The molecule has 0 saturated carbocycles. The van der Waals surface area contributed by atoms with Gasteiger partial charge in [0.05, 0.1) is 26.1 Å². The molecule has 2 amide bonds. The van der Waals surface area contributed by atoms with Crippen molar-refractivity contribution in [2.75, 3.05) is 19.5 Å². The first kappa shape index (κ1) is 15.7. The van der Waals surface area contributed by atoms with Crippen molar-refractivity contribution in [2.45, 2.75) is 20.0 Å². The fourth-order valence-corrected chi connectivity index (χ4v) is 1.92. The van der Waals surface area contributed by atoms with Gasteiger partial charge in [-0.25, -0.2) is 4.79 Å². The summed E-state index contributed by atoms with van der Waals surface area (Å²) in [5.41, 5.74) is 1.52. The van der Waals surface area contributed by atoms with Crippen LogP contribution in [0.4, 0.5) is 10.5 Å². The lowest BCUT2D eigenvalue weighted by atomic mass is 10.2. The van der Waals surface area contributed by atoms with Gasteiger partial charge in [0.1, 0.15) is 11.5 Å². The first-order valence-corrected chi connectivity index (χ1v) is 6.94. The number of nitrogens with one attached hydrogen (secondary N) is 2. The van der Waals surface area contributed by atoms with E-state index in [1.807, 2.05) is 13.1 Å². The summed E-state index contributed by atoms with van der Waals surface area (Å²) in [7, 11) is 3.11. The van der Waals surface area contributed by atoms with Crippen LogP contribution in [0.15, 0.2) is 30.6 Å². The van der Waals surface area contributed by atoms with Crippen LogP contribution in [-0.2, 0) is 13.1 Å². The monoisotopic (exact) mass is 304 g/mol. The molecular weight excluding hydrogens is 284 g/mol. The van der Waals surface area contributed by atoms with E-state index < -0.39 is 0 Å². The highest BCUT2D eigenvalue weighted by atomic mass is 16.5. The number of carbonyl (C=O) groups excluding carboxylic acids is 1. The molecule has 22 heavy (non-hydrogen) atoms. The Morgan fingerprint density at radius 2 is 2.14 bits per heavy atom. The fourth-order valence-electron chi connectivity index (χ4n) is 1.92. The minimum atomic E-state index is -0.312. The molecule has 7 nitrogen and oxygen atoms in total. The fraction of sp³-hybridized carbons (Fsp3) is 0.333. The smallest absolute Gasteiger partial charge is 0.319 e. The van der Waals surface area contributed by atoms with Gasteiger partial charge in [0.25, 0.3) is 0 Å². The second-order valence-electron chi connectivity index (χ2n) is 4.58. The molecule has 118 valence electrons. The Balaban J connectivity index is 1.94. The summed E-state index contributed by atoms with van der Waals surface area (Å²) in [6, 6.07) is 4.88. The number of aryl methyl sites for hydroxylation is 1. The van der Waals surface area contributed by atoms with Crippen LogP contribution < -0.4 is 20.1 Å². The van der Waals surface area contributed by atoms with Crippen LogP contribution in [0.1, 0.15) is 12.5 Å². The molecule has 0 unspecified atom stereocenters. The lowest BCUT2D eigenvalue weighted by Gasteiger charge is -2.12. The van der Waals surface area contributed by atoms with Crippen molar-refractivity contribution in [1.82, 2.24) is 15.1 Å². The zero-order valence-electron chi connectivity index (χ0n) is 12.9. The van der Waals surface area contributed by atoms with Crippen molar-refractivity contribution in [1.29, 1.82) is 0 Å². The second-order valence-corrected chi connectivity index (χ2v) is 4.58. The highest BCUT2D eigenvalue weighted by Gasteiger charge is 2.09. The Hall–Kier alpha value is -2.70. The largest absolute Gasteiger partial charge is 0.497 e. The highest BCUT2D eigenvalue weighted by Crippen LogP contribution is 2.28. The van der Waals surface area contributed by atoms with Crippen molar-refractivity contribution < 1.29 is 14.3 Å². The third-order valence-electron chi connectivity index (χ3n) is 3.12. The SMILES string of the molecule is CCn1cc(CNC(=O)Nc2ccc(OC)cc2OC)cn1. The number of rotatable bonds is 6. The number of benzene rings is 1. The third-order valence-corrected chi connectivity index (χ3v) is 3.12. The molecule has 0 bridgehead atoms. The van der Waals surface area contributed by atoms with Gasteiger partial charge in [-0.05, 0) is 19.1 Å². The predicted octanol–water partition coefficient (Wildman–Crippen LogP) is 2.24. The third kappa shape index (κ3) is 3.91. The van der Waals surface area contributed by atoms with E-state index in [4.69, 9.17) is 9.47 Å². The maximum absolute atomic E-state index is 11.9. The van der Waals surface area contributed by atoms with Crippen LogP contribution in [0.25, 0.3) is 0 Å². The van der Waals surface area contributed by atoms with E-state index in [2.05, 4.69) is 15.7 Å². The zero-order valence-corrected chi connectivity index (χ0v) is 12.9. The summed E-state index contributed by atoms with van der Waals surface area (Å²) >= 11 is 0.